The van der Waals surface area contributed by atoms with Crippen LogP contribution in [-0.4, -0.2) is 43.0 Å². The molecule has 1 fully saturated rings. The van der Waals surface area contributed by atoms with E-state index in [1.165, 1.54) is 12.1 Å². The molecule has 1 aliphatic heterocycles. The number of hydrogen-bond donors (Lipinski definition) is 1. The number of aromatic amines is 1. The van der Waals surface area contributed by atoms with E-state index < -0.39 is 11.6 Å². The molecule has 8 heteroatoms. The second kappa shape index (κ2) is 7.33. The van der Waals surface area contributed by atoms with E-state index in [0.717, 1.165) is 50.9 Å². The van der Waals surface area contributed by atoms with Gasteiger partial charge in [0, 0.05) is 37.1 Å². The maximum atomic E-state index is 13.4. The number of likely N-dealkylation sites (tertiary alicyclic amines) is 1. The summed E-state index contributed by atoms with van der Waals surface area (Å²) in [6, 6.07) is 3.38. The van der Waals surface area contributed by atoms with Crippen LogP contribution in [0.25, 0.3) is 11.3 Å². The van der Waals surface area contributed by atoms with Gasteiger partial charge in [-0.15, -0.1) is 5.10 Å². The Morgan fingerprint density at radius 1 is 1.19 bits per heavy atom. The fourth-order valence-electron chi connectivity index (χ4n) is 3.53. The van der Waals surface area contributed by atoms with Crippen LogP contribution in [0.1, 0.15) is 18.7 Å². The monoisotopic (exact) mass is 358 g/mol. The summed E-state index contributed by atoms with van der Waals surface area (Å²) < 4.78 is 28.5. The molecule has 0 spiro atoms. The van der Waals surface area contributed by atoms with Crippen molar-refractivity contribution in [2.24, 2.45) is 5.92 Å². The molecule has 1 aromatic carbocycles. The molecule has 3 aromatic rings. The molecule has 0 radical (unpaired) electrons. The van der Waals surface area contributed by atoms with Crippen molar-refractivity contribution in [1.82, 2.24) is 29.9 Å². The Bertz CT molecular complexity index is 840. The Labute approximate surface area is 149 Å². The van der Waals surface area contributed by atoms with Gasteiger partial charge >= 0.3 is 0 Å². The minimum atomic E-state index is -0.615. The molecule has 1 N–H and O–H groups in total. The first kappa shape index (κ1) is 16.8. The number of hydrogen-bond acceptors (Lipinski definition) is 4. The highest BCUT2D eigenvalue weighted by Gasteiger charge is 2.21. The summed E-state index contributed by atoms with van der Waals surface area (Å²) in [7, 11) is 0. The summed E-state index contributed by atoms with van der Waals surface area (Å²) >= 11 is 0. The molecule has 3 heterocycles. The molecule has 1 unspecified atom stereocenters. The number of rotatable bonds is 5. The highest BCUT2D eigenvalue weighted by molar-refractivity contribution is 5.57. The van der Waals surface area contributed by atoms with Crippen LogP contribution < -0.4 is 0 Å². The zero-order valence-corrected chi connectivity index (χ0v) is 14.3. The highest BCUT2D eigenvalue weighted by Crippen LogP contribution is 2.22. The van der Waals surface area contributed by atoms with Crippen LogP contribution >= 0.6 is 0 Å². The summed E-state index contributed by atoms with van der Waals surface area (Å²) in [4.78, 5) is 9.80. The maximum Gasteiger partial charge on any atom is 0.126 e. The molecule has 0 amide bonds. The van der Waals surface area contributed by atoms with Crippen LogP contribution in [0.15, 0.2) is 36.8 Å². The minimum absolute atomic E-state index is 0.400. The largest absolute Gasteiger partial charge is 0.348 e. The third-order valence-corrected chi connectivity index (χ3v) is 4.67. The summed E-state index contributed by atoms with van der Waals surface area (Å²) in [6.45, 7) is 3.57. The van der Waals surface area contributed by atoms with Crippen molar-refractivity contribution in [3.8, 4) is 11.3 Å². The quantitative estimate of drug-likeness (QED) is 0.762. The molecular formula is C18H20F2N6. The van der Waals surface area contributed by atoms with Crippen LogP contribution in [0.2, 0.25) is 0 Å². The maximum absolute atomic E-state index is 13.4. The number of piperidine rings is 1. The molecule has 0 aliphatic carbocycles. The lowest BCUT2D eigenvalue weighted by atomic mass is 9.98. The van der Waals surface area contributed by atoms with E-state index in [-0.39, 0.29) is 0 Å². The smallest absolute Gasteiger partial charge is 0.126 e. The van der Waals surface area contributed by atoms with Crippen LogP contribution in [-0.2, 0) is 13.1 Å². The zero-order valence-electron chi connectivity index (χ0n) is 14.3. The van der Waals surface area contributed by atoms with E-state index in [1.54, 1.807) is 17.1 Å². The van der Waals surface area contributed by atoms with Crippen LogP contribution in [0.4, 0.5) is 8.78 Å². The number of imidazole rings is 1. The minimum Gasteiger partial charge on any atom is -0.348 e. The van der Waals surface area contributed by atoms with E-state index in [0.29, 0.717) is 17.2 Å². The lowest BCUT2D eigenvalue weighted by molar-refractivity contribution is 0.150. The predicted octanol–water partition coefficient (Wildman–Crippen LogP) is 2.86. The van der Waals surface area contributed by atoms with E-state index in [2.05, 4.69) is 25.2 Å². The fourth-order valence-corrected chi connectivity index (χ4v) is 3.53. The number of H-pyrrole nitrogens is 1. The highest BCUT2D eigenvalue weighted by atomic mass is 19.1. The Morgan fingerprint density at radius 3 is 2.81 bits per heavy atom. The van der Waals surface area contributed by atoms with Crippen molar-refractivity contribution in [3.63, 3.8) is 0 Å². The molecule has 6 nitrogen and oxygen atoms in total. The molecule has 1 atom stereocenters. The van der Waals surface area contributed by atoms with Crippen molar-refractivity contribution in [1.29, 1.82) is 0 Å². The molecule has 2 aromatic heterocycles. The third-order valence-electron chi connectivity index (χ3n) is 4.67. The lowest BCUT2D eigenvalue weighted by Gasteiger charge is -2.31. The molecule has 0 saturated carbocycles. The van der Waals surface area contributed by atoms with Gasteiger partial charge in [0.05, 0.1) is 12.7 Å². The van der Waals surface area contributed by atoms with E-state index in [9.17, 15) is 8.78 Å². The predicted molar refractivity (Wildman–Crippen MR) is 92.0 cm³/mol. The number of benzene rings is 1. The SMILES string of the molecule is Fc1cc(F)cc(-c2cn(CC3CCCN(Cc4ncc[nH]4)C3)nn2)c1. The van der Waals surface area contributed by atoms with Gasteiger partial charge < -0.3 is 4.98 Å². The first-order valence-electron chi connectivity index (χ1n) is 8.73. The molecule has 0 bridgehead atoms. The molecular weight excluding hydrogens is 338 g/mol. The van der Waals surface area contributed by atoms with Crippen molar-refractivity contribution < 1.29 is 8.78 Å². The van der Waals surface area contributed by atoms with E-state index >= 15 is 0 Å². The van der Waals surface area contributed by atoms with Gasteiger partial charge in [-0.1, -0.05) is 5.21 Å². The number of halogens is 2. The Kier molecular flexibility index (Phi) is 4.75. The van der Waals surface area contributed by atoms with Crippen molar-refractivity contribution in [3.05, 3.63) is 54.2 Å². The van der Waals surface area contributed by atoms with Gasteiger partial charge in [-0.05, 0) is 37.4 Å². The Hall–Kier alpha value is -2.61. The van der Waals surface area contributed by atoms with Gasteiger partial charge in [0.2, 0.25) is 0 Å². The van der Waals surface area contributed by atoms with Crippen LogP contribution in [0, 0.1) is 17.6 Å². The van der Waals surface area contributed by atoms with Gasteiger partial charge in [-0.25, -0.2) is 13.8 Å². The van der Waals surface area contributed by atoms with Crippen molar-refractivity contribution >= 4 is 0 Å². The van der Waals surface area contributed by atoms with Crippen LogP contribution in [0.3, 0.4) is 0 Å². The first-order chi connectivity index (χ1) is 12.7. The second-order valence-corrected chi connectivity index (χ2v) is 6.76. The Balaban J connectivity index is 1.40. The van der Waals surface area contributed by atoms with Crippen molar-refractivity contribution in [2.45, 2.75) is 25.9 Å². The standard InChI is InChI=1S/C18H20F2N6/c19-15-6-14(7-16(20)8-15)17-11-26(24-23-17)10-13-2-1-5-25(9-13)12-18-21-3-4-22-18/h3-4,6-8,11,13H,1-2,5,9-10,12H2,(H,21,22). The molecule has 4 rings (SSSR count). The average Bonchev–Trinajstić information content (AvgIpc) is 3.26. The van der Waals surface area contributed by atoms with Gasteiger partial charge in [-0.2, -0.15) is 0 Å². The summed E-state index contributed by atoms with van der Waals surface area (Å²) in [5, 5.41) is 8.20. The van der Waals surface area contributed by atoms with Gasteiger partial charge in [0.1, 0.15) is 23.2 Å². The van der Waals surface area contributed by atoms with E-state index in [1.807, 2.05) is 6.20 Å². The third kappa shape index (κ3) is 3.96. The first-order valence-corrected chi connectivity index (χ1v) is 8.73. The number of aromatic nitrogens is 5. The molecule has 26 heavy (non-hydrogen) atoms. The van der Waals surface area contributed by atoms with Gasteiger partial charge in [-0.3, -0.25) is 9.58 Å². The van der Waals surface area contributed by atoms with Crippen LogP contribution in [0.5, 0.6) is 0 Å². The molecule has 1 saturated heterocycles. The number of nitrogens with zero attached hydrogens (tertiary/aromatic N) is 5. The zero-order chi connectivity index (χ0) is 17.9. The Morgan fingerprint density at radius 2 is 2.04 bits per heavy atom. The normalized spacial score (nSPS) is 18.3. The number of nitrogens with one attached hydrogen (secondary N) is 1. The van der Waals surface area contributed by atoms with Gasteiger partial charge in [0.25, 0.3) is 0 Å². The second-order valence-electron chi connectivity index (χ2n) is 6.76. The van der Waals surface area contributed by atoms with E-state index in [4.69, 9.17) is 0 Å². The molecule has 1 aliphatic rings. The van der Waals surface area contributed by atoms with Gasteiger partial charge in [0.15, 0.2) is 0 Å². The summed E-state index contributed by atoms with van der Waals surface area (Å²) in [5.41, 5.74) is 0.878. The van der Waals surface area contributed by atoms with Crippen molar-refractivity contribution in [2.75, 3.05) is 13.1 Å². The fraction of sp³-hybridized carbons (Fsp3) is 0.389. The summed E-state index contributed by atoms with van der Waals surface area (Å²) in [5.74, 6) is 0.199. The lowest BCUT2D eigenvalue weighted by Crippen LogP contribution is -2.36. The molecule has 136 valence electrons. The summed E-state index contributed by atoms with van der Waals surface area (Å²) in [6.07, 6.45) is 7.60. The topological polar surface area (TPSA) is 62.6 Å². The average molecular weight is 358 g/mol.